The number of benzene rings is 2. The topological polar surface area (TPSA) is 98.9 Å². The van der Waals surface area contributed by atoms with Crippen LogP contribution in [0.2, 0.25) is 0 Å². The Labute approximate surface area is 130 Å². The minimum atomic E-state index is -0.187. The molecule has 0 bridgehead atoms. The van der Waals surface area contributed by atoms with Gasteiger partial charge in [0.2, 0.25) is 0 Å². The number of aliphatic imine (C=N–C) groups is 1. The molecule has 0 aliphatic carbocycles. The van der Waals surface area contributed by atoms with Crippen LogP contribution in [0.25, 0.3) is 21.9 Å². The Morgan fingerprint density at radius 3 is 2.70 bits per heavy atom. The van der Waals surface area contributed by atoms with E-state index in [2.05, 4.69) is 25.4 Å². The minimum Gasteiger partial charge on any atom is -0.497 e. The molecule has 0 saturated carbocycles. The SMILES string of the molecule is COc1ccc(N=Cc2c(=O)[nH]c3ccc4[nH][nH]nc4c23)cc1. The van der Waals surface area contributed by atoms with Gasteiger partial charge in [-0.2, -0.15) is 5.10 Å². The zero-order valence-corrected chi connectivity index (χ0v) is 12.3. The first-order valence-corrected chi connectivity index (χ1v) is 7.02. The fourth-order valence-electron chi connectivity index (χ4n) is 2.56. The van der Waals surface area contributed by atoms with Crippen molar-refractivity contribution in [3.63, 3.8) is 0 Å². The average molecular weight is 307 g/mol. The average Bonchev–Trinajstić information content (AvgIpc) is 3.16. The van der Waals surface area contributed by atoms with Gasteiger partial charge in [-0.3, -0.25) is 14.9 Å². The molecular weight excluding hydrogens is 294 g/mol. The molecule has 0 aliphatic rings. The number of hydrogen-bond acceptors (Lipinski definition) is 4. The molecule has 0 atom stereocenters. The fourth-order valence-corrected chi connectivity index (χ4v) is 2.56. The second kappa shape index (κ2) is 5.13. The highest BCUT2D eigenvalue weighted by molar-refractivity contribution is 6.11. The van der Waals surface area contributed by atoms with E-state index in [1.807, 2.05) is 36.4 Å². The Morgan fingerprint density at radius 2 is 1.91 bits per heavy atom. The normalized spacial score (nSPS) is 11.7. The summed E-state index contributed by atoms with van der Waals surface area (Å²) in [6.07, 6.45) is 1.57. The predicted molar refractivity (Wildman–Crippen MR) is 88.8 cm³/mol. The first kappa shape index (κ1) is 13.3. The third-order valence-electron chi connectivity index (χ3n) is 3.71. The van der Waals surface area contributed by atoms with Gasteiger partial charge in [0.25, 0.3) is 5.56 Å². The van der Waals surface area contributed by atoms with Crippen LogP contribution in [-0.2, 0) is 0 Å². The summed E-state index contributed by atoms with van der Waals surface area (Å²) in [6.45, 7) is 0. The number of aromatic amines is 3. The maximum absolute atomic E-state index is 12.2. The van der Waals surface area contributed by atoms with E-state index in [4.69, 9.17) is 4.74 Å². The van der Waals surface area contributed by atoms with Gasteiger partial charge in [0.1, 0.15) is 11.3 Å². The molecular formula is C16H13N5O2. The highest BCUT2D eigenvalue weighted by Crippen LogP contribution is 2.23. The van der Waals surface area contributed by atoms with Crippen LogP contribution in [0.3, 0.4) is 0 Å². The van der Waals surface area contributed by atoms with Gasteiger partial charge in [0.15, 0.2) is 0 Å². The summed E-state index contributed by atoms with van der Waals surface area (Å²) in [5.74, 6) is 0.759. The molecule has 2 aromatic carbocycles. The van der Waals surface area contributed by atoms with Gasteiger partial charge in [-0.05, 0) is 36.4 Å². The maximum atomic E-state index is 12.2. The zero-order chi connectivity index (χ0) is 15.8. The van der Waals surface area contributed by atoms with E-state index in [9.17, 15) is 4.79 Å². The third-order valence-corrected chi connectivity index (χ3v) is 3.71. The summed E-state index contributed by atoms with van der Waals surface area (Å²) < 4.78 is 5.11. The van der Waals surface area contributed by atoms with Crippen LogP contribution in [0.1, 0.15) is 5.56 Å². The second-order valence-electron chi connectivity index (χ2n) is 5.06. The van der Waals surface area contributed by atoms with E-state index in [0.717, 1.165) is 27.9 Å². The Morgan fingerprint density at radius 1 is 1.13 bits per heavy atom. The molecule has 23 heavy (non-hydrogen) atoms. The van der Waals surface area contributed by atoms with E-state index < -0.39 is 0 Å². The zero-order valence-electron chi connectivity index (χ0n) is 12.3. The number of rotatable bonds is 3. The predicted octanol–water partition coefficient (Wildman–Crippen LogP) is 2.49. The smallest absolute Gasteiger partial charge is 0.258 e. The van der Waals surface area contributed by atoms with Crippen LogP contribution in [0.4, 0.5) is 5.69 Å². The molecule has 4 rings (SSSR count). The van der Waals surface area contributed by atoms with E-state index in [0.29, 0.717) is 11.1 Å². The summed E-state index contributed by atoms with van der Waals surface area (Å²) in [5, 5.41) is 10.6. The monoisotopic (exact) mass is 307 g/mol. The van der Waals surface area contributed by atoms with Crippen LogP contribution in [-0.4, -0.2) is 33.7 Å². The lowest BCUT2D eigenvalue weighted by Crippen LogP contribution is -2.04. The Balaban J connectivity index is 1.84. The van der Waals surface area contributed by atoms with Crippen molar-refractivity contribution in [1.29, 1.82) is 0 Å². The van der Waals surface area contributed by atoms with Crippen molar-refractivity contribution in [1.82, 2.24) is 20.4 Å². The quantitative estimate of drug-likeness (QED) is 0.507. The molecule has 0 unspecified atom stereocenters. The highest BCUT2D eigenvalue weighted by atomic mass is 16.5. The second-order valence-corrected chi connectivity index (χ2v) is 5.06. The van der Waals surface area contributed by atoms with Crippen LogP contribution in [0.5, 0.6) is 5.75 Å². The summed E-state index contributed by atoms with van der Waals surface area (Å²) in [6, 6.07) is 11.0. The van der Waals surface area contributed by atoms with Crippen molar-refractivity contribution in [2.75, 3.05) is 7.11 Å². The van der Waals surface area contributed by atoms with Crippen molar-refractivity contribution in [2.45, 2.75) is 0 Å². The van der Waals surface area contributed by atoms with E-state index in [1.165, 1.54) is 0 Å². The van der Waals surface area contributed by atoms with Crippen molar-refractivity contribution < 1.29 is 4.74 Å². The minimum absolute atomic E-state index is 0.187. The van der Waals surface area contributed by atoms with Crippen LogP contribution in [0, 0.1) is 0 Å². The number of ether oxygens (including phenoxy) is 1. The maximum Gasteiger partial charge on any atom is 0.258 e. The van der Waals surface area contributed by atoms with Gasteiger partial charge >= 0.3 is 0 Å². The van der Waals surface area contributed by atoms with Crippen LogP contribution >= 0.6 is 0 Å². The molecule has 7 nitrogen and oxygen atoms in total. The molecule has 2 heterocycles. The van der Waals surface area contributed by atoms with Gasteiger partial charge in [-0.15, -0.1) is 0 Å². The van der Waals surface area contributed by atoms with Gasteiger partial charge in [-0.1, -0.05) is 0 Å². The first-order chi connectivity index (χ1) is 11.3. The highest BCUT2D eigenvalue weighted by Gasteiger charge is 2.12. The number of H-pyrrole nitrogens is 3. The number of nitrogens with one attached hydrogen (secondary N) is 3. The van der Waals surface area contributed by atoms with Gasteiger partial charge in [0, 0.05) is 11.6 Å². The molecule has 114 valence electrons. The van der Waals surface area contributed by atoms with Crippen molar-refractivity contribution in [2.24, 2.45) is 4.99 Å². The molecule has 3 N–H and O–H groups in total. The van der Waals surface area contributed by atoms with E-state index in [1.54, 1.807) is 13.3 Å². The molecule has 0 aliphatic heterocycles. The van der Waals surface area contributed by atoms with Crippen molar-refractivity contribution >= 4 is 33.8 Å². The molecule has 0 radical (unpaired) electrons. The largest absolute Gasteiger partial charge is 0.497 e. The standard InChI is InChI=1S/C16H13N5O2/c1-23-10-4-2-9(3-5-10)17-8-11-14-12(18-16(11)22)6-7-13-15(14)20-21-19-13/h2-8,19,21H,1H3,(H,18,22). The summed E-state index contributed by atoms with van der Waals surface area (Å²) in [4.78, 5) is 19.4. The van der Waals surface area contributed by atoms with Gasteiger partial charge in [0.05, 0.1) is 29.4 Å². The molecule has 0 fully saturated rings. The number of nitrogens with zero attached hydrogens (tertiary/aromatic N) is 2. The fraction of sp³-hybridized carbons (Fsp3) is 0.0625. The lowest BCUT2D eigenvalue weighted by molar-refractivity contribution is 0.415. The molecule has 0 amide bonds. The molecule has 0 spiro atoms. The lowest BCUT2D eigenvalue weighted by atomic mass is 10.1. The van der Waals surface area contributed by atoms with Crippen LogP contribution < -0.4 is 10.3 Å². The van der Waals surface area contributed by atoms with Crippen molar-refractivity contribution in [3.05, 3.63) is 52.3 Å². The summed E-state index contributed by atoms with van der Waals surface area (Å²) in [7, 11) is 1.61. The van der Waals surface area contributed by atoms with E-state index >= 15 is 0 Å². The number of fused-ring (bicyclic) bond motifs is 3. The number of aromatic nitrogens is 4. The van der Waals surface area contributed by atoms with E-state index in [-0.39, 0.29) is 5.56 Å². The van der Waals surface area contributed by atoms with Gasteiger partial charge in [-0.25, -0.2) is 5.21 Å². The first-order valence-electron chi connectivity index (χ1n) is 7.02. The summed E-state index contributed by atoms with van der Waals surface area (Å²) >= 11 is 0. The van der Waals surface area contributed by atoms with Crippen molar-refractivity contribution in [3.8, 4) is 5.75 Å². The Hall–Kier alpha value is -3.35. The summed E-state index contributed by atoms with van der Waals surface area (Å²) in [5.41, 5.74) is 3.31. The molecule has 4 aromatic rings. The number of methoxy groups -OCH3 is 1. The molecule has 0 saturated heterocycles. The number of hydrogen-bond donors (Lipinski definition) is 3. The third kappa shape index (κ3) is 2.18. The van der Waals surface area contributed by atoms with Gasteiger partial charge < -0.3 is 9.72 Å². The Kier molecular flexibility index (Phi) is 2.97. The molecule has 2 aromatic heterocycles. The van der Waals surface area contributed by atoms with Crippen LogP contribution in [0.15, 0.2) is 46.2 Å². The lowest BCUT2D eigenvalue weighted by Gasteiger charge is -1.98. The Bertz CT molecular complexity index is 1070. The molecule has 7 heteroatoms.